The monoisotopic (exact) mass is 427 g/mol. The number of carbonyl (C=O) groups is 2. The van der Waals surface area contributed by atoms with Gasteiger partial charge in [-0.15, -0.1) is 0 Å². The van der Waals surface area contributed by atoms with Crippen molar-refractivity contribution in [2.45, 2.75) is 40.0 Å². The van der Waals surface area contributed by atoms with Crippen LogP contribution in [0.1, 0.15) is 50.4 Å². The summed E-state index contributed by atoms with van der Waals surface area (Å²) in [6.45, 7) is 6.83. The zero-order valence-electron chi connectivity index (χ0n) is 17.7. The fraction of sp³-hybridized carbons (Fsp3) is 0.348. The van der Waals surface area contributed by atoms with Gasteiger partial charge in [-0.3, -0.25) is 14.9 Å². The Morgan fingerprint density at radius 3 is 2.43 bits per heavy atom. The molecule has 7 heteroatoms. The molecule has 3 N–H and O–H groups in total. The van der Waals surface area contributed by atoms with Gasteiger partial charge >= 0.3 is 0 Å². The Balaban J connectivity index is 1.92. The molecule has 0 radical (unpaired) electrons. The van der Waals surface area contributed by atoms with Gasteiger partial charge in [-0.05, 0) is 67.4 Å². The lowest BCUT2D eigenvalue weighted by atomic mass is 10.1. The van der Waals surface area contributed by atoms with Crippen LogP contribution in [0.5, 0.6) is 5.75 Å². The van der Waals surface area contributed by atoms with Gasteiger partial charge in [0.1, 0.15) is 5.75 Å². The van der Waals surface area contributed by atoms with Crippen molar-refractivity contribution in [1.29, 1.82) is 0 Å². The minimum Gasteiger partial charge on any atom is -0.494 e. The van der Waals surface area contributed by atoms with Crippen molar-refractivity contribution in [2.75, 3.05) is 17.2 Å². The van der Waals surface area contributed by atoms with E-state index in [0.29, 0.717) is 41.6 Å². The largest absolute Gasteiger partial charge is 0.494 e. The van der Waals surface area contributed by atoms with Gasteiger partial charge in [0.15, 0.2) is 5.11 Å². The van der Waals surface area contributed by atoms with Gasteiger partial charge in [0.25, 0.3) is 5.91 Å². The number of anilines is 2. The van der Waals surface area contributed by atoms with E-state index in [2.05, 4.69) is 29.8 Å². The predicted octanol–water partition coefficient (Wildman–Crippen LogP) is 4.98. The molecule has 0 aliphatic heterocycles. The molecule has 30 heavy (non-hydrogen) atoms. The molecule has 0 aliphatic carbocycles. The first-order chi connectivity index (χ1) is 14.4. The summed E-state index contributed by atoms with van der Waals surface area (Å²) < 4.78 is 5.71. The van der Waals surface area contributed by atoms with Crippen molar-refractivity contribution in [3.63, 3.8) is 0 Å². The summed E-state index contributed by atoms with van der Waals surface area (Å²) in [5.41, 5.74) is 1.79. The molecule has 0 atom stereocenters. The molecule has 0 saturated carbocycles. The molecule has 0 bridgehead atoms. The standard InChI is InChI=1S/C23H29N3O3S/c1-4-7-21(27)24-18-9-6-10-19(15-18)25-23(30)26-22(28)17-8-5-11-20(14-17)29-13-12-16(2)3/h5-6,8-11,14-16H,4,7,12-13H2,1-3H3,(H,24,27)(H2,25,26,28,30). The average Bonchev–Trinajstić information content (AvgIpc) is 2.68. The van der Waals surface area contributed by atoms with Crippen molar-refractivity contribution < 1.29 is 14.3 Å². The van der Waals surface area contributed by atoms with Crippen LogP contribution in [0.4, 0.5) is 11.4 Å². The summed E-state index contributed by atoms with van der Waals surface area (Å²) in [5.74, 6) is 0.839. The summed E-state index contributed by atoms with van der Waals surface area (Å²) in [6, 6.07) is 14.2. The second kappa shape index (κ2) is 11.9. The van der Waals surface area contributed by atoms with Crippen LogP contribution in [0.25, 0.3) is 0 Å². The first-order valence-electron chi connectivity index (χ1n) is 10.1. The van der Waals surface area contributed by atoms with Gasteiger partial charge in [0, 0.05) is 23.4 Å². The number of nitrogens with one attached hydrogen (secondary N) is 3. The van der Waals surface area contributed by atoms with Crippen LogP contribution in [0.15, 0.2) is 48.5 Å². The number of amides is 2. The Morgan fingerprint density at radius 2 is 1.73 bits per heavy atom. The maximum Gasteiger partial charge on any atom is 0.257 e. The van der Waals surface area contributed by atoms with E-state index in [1.807, 2.05) is 13.0 Å². The zero-order chi connectivity index (χ0) is 21.9. The quantitative estimate of drug-likeness (QED) is 0.492. The summed E-state index contributed by atoms with van der Waals surface area (Å²) in [5, 5.41) is 8.63. The van der Waals surface area contributed by atoms with E-state index in [0.717, 1.165) is 12.8 Å². The van der Waals surface area contributed by atoms with E-state index in [4.69, 9.17) is 17.0 Å². The van der Waals surface area contributed by atoms with E-state index in [1.54, 1.807) is 42.5 Å². The first-order valence-corrected chi connectivity index (χ1v) is 10.5. The van der Waals surface area contributed by atoms with Gasteiger partial charge in [-0.2, -0.15) is 0 Å². The van der Waals surface area contributed by atoms with E-state index >= 15 is 0 Å². The molecule has 0 spiro atoms. The molecule has 2 amide bonds. The molecule has 0 aliphatic rings. The molecular formula is C23H29N3O3S. The van der Waals surface area contributed by atoms with Crippen molar-refractivity contribution in [3.05, 3.63) is 54.1 Å². The van der Waals surface area contributed by atoms with Crippen molar-refractivity contribution in [2.24, 2.45) is 5.92 Å². The molecule has 0 unspecified atom stereocenters. The Kier molecular flexibility index (Phi) is 9.28. The number of rotatable bonds is 9. The maximum absolute atomic E-state index is 12.5. The zero-order valence-corrected chi connectivity index (χ0v) is 18.5. The van der Waals surface area contributed by atoms with E-state index < -0.39 is 0 Å². The number of ether oxygens (including phenoxy) is 1. The molecule has 2 aromatic carbocycles. The van der Waals surface area contributed by atoms with E-state index in [1.165, 1.54) is 0 Å². The van der Waals surface area contributed by atoms with Crippen molar-refractivity contribution in [1.82, 2.24) is 5.32 Å². The number of hydrogen-bond donors (Lipinski definition) is 3. The molecule has 2 rings (SSSR count). The summed E-state index contributed by atoms with van der Waals surface area (Å²) >= 11 is 5.25. The highest BCUT2D eigenvalue weighted by Gasteiger charge is 2.10. The van der Waals surface area contributed by atoms with E-state index in [-0.39, 0.29) is 16.9 Å². The summed E-state index contributed by atoms with van der Waals surface area (Å²) in [7, 11) is 0. The molecule has 6 nitrogen and oxygen atoms in total. The number of thiocarbonyl (C=S) groups is 1. The number of carbonyl (C=O) groups excluding carboxylic acids is 2. The molecular weight excluding hydrogens is 398 g/mol. The maximum atomic E-state index is 12.5. The number of benzene rings is 2. The highest BCUT2D eigenvalue weighted by atomic mass is 32.1. The second-order valence-corrected chi connectivity index (χ2v) is 7.75. The third kappa shape index (κ3) is 8.21. The highest BCUT2D eigenvalue weighted by Crippen LogP contribution is 2.17. The van der Waals surface area contributed by atoms with Gasteiger partial charge < -0.3 is 15.4 Å². The highest BCUT2D eigenvalue weighted by molar-refractivity contribution is 7.80. The third-order valence-electron chi connectivity index (χ3n) is 4.17. The normalized spacial score (nSPS) is 10.4. The lowest BCUT2D eigenvalue weighted by molar-refractivity contribution is -0.116. The summed E-state index contributed by atoms with van der Waals surface area (Å²) in [6.07, 6.45) is 2.19. The fourth-order valence-electron chi connectivity index (χ4n) is 2.60. The minimum atomic E-state index is -0.325. The van der Waals surface area contributed by atoms with Crippen LogP contribution in [-0.2, 0) is 4.79 Å². The van der Waals surface area contributed by atoms with Crippen LogP contribution < -0.4 is 20.7 Å². The van der Waals surface area contributed by atoms with Gasteiger partial charge in [-0.25, -0.2) is 0 Å². The van der Waals surface area contributed by atoms with Gasteiger partial charge in [0.2, 0.25) is 5.91 Å². The number of hydrogen-bond acceptors (Lipinski definition) is 4. The smallest absolute Gasteiger partial charge is 0.257 e. The molecule has 0 saturated heterocycles. The Labute approximate surface area is 183 Å². The Bertz CT molecular complexity index is 884. The third-order valence-corrected chi connectivity index (χ3v) is 4.37. The van der Waals surface area contributed by atoms with Crippen LogP contribution >= 0.6 is 12.2 Å². The first kappa shape index (κ1) is 23.3. The van der Waals surface area contributed by atoms with Crippen LogP contribution in [0, 0.1) is 5.92 Å². The van der Waals surface area contributed by atoms with Crippen molar-refractivity contribution in [3.8, 4) is 5.75 Å². The minimum absolute atomic E-state index is 0.0407. The second-order valence-electron chi connectivity index (χ2n) is 7.35. The molecule has 0 aromatic heterocycles. The Hall–Kier alpha value is -2.93. The summed E-state index contributed by atoms with van der Waals surface area (Å²) in [4.78, 5) is 24.3. The lowest BCUT2D eigenvalue weighted by Gasteiger charge is -2.12. The molecule has 0 fully saturated rings. The predicted molar refractivity (Wildman–Crippen MR) is 125 cm³/mol. The SMILES string of the molecule is CCCC(=O)Nc1cccc(NC(=S)NC(=O)c2cccc(OCCC(C)C)c2)c1. The van der Waals surface area contributed by atoms with E-state index in [9.17, 15) is 9.59 Å². The Morgan fingerprint density at radius 1 is 1.03 bits per heavy atom. The topological polar surface area (TPSA) is 79.5 Å². The van der Waals surface area contributed by atoms with Crippen molar-refractivity contribution >= 4 is 40.5 Å². The van der Waals surface area contributed by atoms with Gasteiger partial charge in [-0.1, -0.05) is 32.9 Å². The van der Waals surface area contributed by atoms with Crippen LogP contribution in [0.2, 0.25) is 0 Å². The molecule has 160 valence electrons. The van der Waals surface area contributed by atoms with Crippen LogP contribution in [-0.4, -0.2) is 23.5 Å². The average molecular weight is 428 g/mol. The molecule has 2 aromatic rings. The molecule has 0 heterocycles. The fourth-order valence-corrected chi connectivity index (χ4v) is 2.81. The lowest BCUT2D eigenvalue weighted by Crippen LogP contribution is -2.34. The van der Waals surface area contributed by atoms with Crippen LogP contribution in [0.3, 0.4) is 0 Å². The van der Waals surface area contributed by atoms with Gasteiger partial charge in [0.05, 0.1) is 6.61 Å².